The maximum absolute atomic E-state index is 12.3. The molecule has 3 rings (SSSR count). The molecule has 0 aliphatic carbocycles. The van der Waals surface area contributed by atoms with Crippen molar-refractivity contribution in [3.63, 3.8) is 0 Å². The van der Waals surface area contributed by atoms with Gasteiger partial charge in [0.15, 0.2) is 16.4 Å². The summed E-state index contributed by atoms with van der Waals surface area (Å²) in [5, 5.41) is 10.5. The van der Waals surface area contributed by atoms with Crippen LogP contribution in [-0.4, -0.2) is 36.9 Å². The van der Waals surface area contributed by atoms with E-state index in [-0.39, 0.29) is 40.6 Å². The summed E-state index contributed by atoms with van der Waals surface area (Å²) >= 11 is 11.8. The number of aryl methyl sites for hydroxylation is 1. The van der Waals surface area contributed by atoms with Crippen LogP contribution in [0.5, 0.6) is 5.75 Å². The third-order valence-corrected chi connectivity index (χ3v) is 5.92. The third kappa shape index (κ3) is 5.93. The van der Waals surface area contributed by atoms with Crippen LogP contribution < -0.4 is 10.1 Å². The average Bonchev–Trinajstić information content (AvgIpc) is 3.14. The average molecular weight is 456 g/mol. The van der Waals surface area contributed by atoms with Gasteiger partial charge in [-0.3, -0.25) is 10.1 Å². The number of carbonyl (C=O) groups is 1. The molecule has 11 heteroatoms. The lowest BCUT2D eigenvalue weighted by Gasteiger charge is -2.07. The van der Waals surface area contributed by atoms with Crippen LogP contribution in [0.25, 0.3) is 0 Å². The molecule has 0 unspecified atom stereocenters. The van der Waals surface area contributed by atoms with Crippen LogP contribution in [0.3, 0.4) is 0 Å². The second-order valence-corrected chi connectivity index (χ2v) is 8.75. The molecule has 2 aromatic carbocycles. The third-order valence-electron chi connectivity index (χ3n) is 3.65. The van der Waals surface area contributed by atoms with Crippen molar-refractivity contribution in [3.8, 4) is 5.75 Å². The number of halogens is 2. The number of nitrogens with one attached hydrogen (secondary N) is 1. The van der Waals surface area contributed by atoms with Gasteiger partial charge in [-0.05, 0) is 30.3 Å². The number of amides is 1. The summed E-state index contributed by atoms with van der Waals surface area (Å²) in [7, 11) is -3.48. The van der Waals surface area contributed by atoms with Crippen molar-refractivity contribution in [2.24, 2.45) is 0 Å². The molecule has 0 aliphatic rings. The molecular weight excluding hydrogens is 441 g/mol. The smallest absolute Gasteiger partial charge is 0.322 e. The van der Waals surface area contributed by atoms with Gasteiger partial charge < -0.3 is 9.15 Å². The molecule has 1 N–H and O–H groups in total. The zero-order valence-electron chi connectivity index (χ0n) is 14.8. The molecule has 0 radical (unpaired) electrons. The van der Waals surface area contributed by atoms with Crippen molar-refractivity contribution >= 4 is 45.0 Å². The minimum absolute atomic E-state index is 0.0109. The van der Waals surface area contributed by atoms with Crippen molar-refractivity contribution in [2.45, 2.75) is 11.3 Å². The van der Waals surface area contributed by atoms with E-state index in [4.69, 9.17) is 32.4 Å². The quantitative estimate of drug-likeness (QED) is 0.553. The molecule has 3 aromatic rings. The number of anilines is 1. The molecule has 1 aromatic heterocycles. The SMILES string of the molecule is O=C(COc1ccc(Cl)cc1Cl)Nc1nnc(CCS(=O)(=O)c2ccccc2)o1. The Morgan fingerprint density at radius 3 is 2.59 bits per heavy atom. The molecule has 0 fully saturated rings. The highest BCUT2D eigenvalue weighted by Gasteiger charge is 2.17. The van der Waals surface area contributed by atoms with Crippen molar-refractivity contribution in [1.82, 2.24) is 10.2 Å². The van der Waals surface area contributed by atoms with E-state index in [1.54, 1.807) is 24.3 Å². The van der Waals surface area contributed by atoms with E-state index >= 15 is 0 Å². The Labute approximate surface area is 176 Å². The van der Waals surface area contributed by atoms with Gasteiger partial charge in [0.1, 0.15) is 5.75 Å². The fourth-order valence-corrected chi connectivity index (χ4v) is 3.98. The maximum atomic E-state index is 12.3. The lowest BCUT2D eigenvalue weighted by Crippen LogP contribution is -2.20. The fraction of sp³-hybridized carbons (Fsp3) is 0.167. The van der Waals surface area contributed by atoms with Crippen LogP contribution in [0.1, 0.15) is 5.89 Å². The van der Waals surface area contributed by atoms with Gasteiger partial charge in [-0.2, -0.15) is 0 Å². The van der Waals surface area contributed by atoms with Crippen LogP contribution in [-0.2, 0) is 21.1 Å². The summed E-state index contributed by atoms with van der Waals surface area (Å²) in [6, 6.07) is 12.5. The van der Waals surface area contributed by atoms with Gasteiger partial charge in [-0.1, -0.05) is 46.5 Å². The summed E-state index contributed by atoms with van der Waals surface area (Å²) in [4.78, 5) is 12.2. The number of rotatable bonds is 8. The van der Waals surface area contributed by atoms with Crippen LogP contribution in [0.15, 0.2) is 57.8 Å². The van der Waals surface area contributed by atoms with Crippen LogP contribution in [0, 0.1) is 0 Å². The Kier molecular flexibility index (Phi) is 6.73. The molecule has 1 heterocycles. The topological polar surface area (TPSA) is 111 Å². The number of carbonyl (C=O) groups excluding carboxylic acids is 1. The molecule has 29 heavy (non-hydrogen) atoms. The summed E-state index contributed by atoms with van der Waals surface area (Å²) in [6.45, 7) is -0.346. The van der Waals surface area contributed by atoms with E-state index in [1.807, 2.05) is 0 Å². The van der Waals surface area contributed by atoms with Crippen LogP contribution >= 0.6 is 23.2 Å². The molecule has 8 nitrogen and oxygen atoms in total. The van der Waals surface area contributed by atoms with Crippen molar-refractivity contribution in [1.29, 1.82) is 0 Å². The number of benzene rings is 2. The highest BCUT2D eigenvalue weighted by molar-refractivity contribution is 7.91. The molecule has 0 spiro atoms. The molecule has 0 bridgehead atoms. The Balaban J connectivity index is 1.51. The summed E-state index contributed by atoms with van der Waals surface area (Å²) in [5.41, 5.74) is 0. The fourth-order valence-electron chi connectivity index (χ4n) is 2.26. The zero-order valence-corrected chi connectivity index (χ0v) is 17.2. The van der Waals surface area contributed by atoms with Gasteiger partial charge in [0.25, 0.3) is 5.91 Å². The first-order valence-electron chi connectivity index (χ1n) is 8.31. The molecular formula is C18H15Cl2N3O5S. The largest absolute Gasteiger partial charge is 0.482 e. The maximum Gasteiger partial charge on any atom is 0.322 e. The highest BCUT2D eigenvalue weighted by atomic mass is 35.5. The minimum Gasteiger partial charge on any atom is -0.482 e. The number of ether oxygens (including phenoxy) is 1. The summed E-state index contributed by atoms with van der Waals surface area (Å²) < 4.78 is 35.1. The lowest BCUT2D eigenvalue weighted by atomic mass is 10.3. The van der Waals surface area contributed by atoms with Crippen LogP contribution in [0.4, 0.5) is 6.01 Å². The van der Waals surface area contributed by atoms with Gasteiger partial charge >= 0.3 is 6.01 Å². The predicted octanol–water partition coefficient (Wildman–Crippen LogP) is 3.41. The number of hydrogen-bond donors (Lipinski definition) is 1. The molecule has 0 aliphatic heterocycles. The van der Waals surface area contributed by atoms with Crippen molar-refractivity contribution < 1.29 is 22.4 Å². The van der Waals surface area contributed by atoms with Crippen molar-refractivity contribution in [3.05, 3.63) is 64.5 Å². The van der Waals surface area contributed by atoms with Gasteiger partial charge in [0.05, 0.1) is 15.7 Å². The standard InChI is InChI=1S/C18H15Cl2N3O5S/c19-12-6-7-15(14(20)10-12)27-11-16(24)21-18-23-22-17(28-18)8-9-29(25,26)13-4-2-1-3-5-13/h1-7,10H,8-9,11H2,(H,21,23,24). The second kappa shape index (κ2) is 9.25. The molecule has 0 saturated carbocycles. The van der Waals surface area contributed by atoms with E-state index in [9.17, 15) is 13.2 Å². The lowest BCUT2D eigenvalue weighted by molar-refractivity contribution is -0.118. The van der Waals surface area contributed by atoms with Gasteiger partial charge in [-0.25, -0.2) is 8.42 Å². The second-order valence-electron chi connectivity index (χ2n) is 5.79. The van der Waals surface area contributed by atoms with Crippen LogP contribution in [0.2, 0.25) is 10.0 Å². The highest BCUT2D eigenvalue weighted by Crippen LogP contribution is 2.27. The van der Waals surface area contributed by atoms with Gasteiger partial charge in [-0.15, -0.1) is 5.10 Å². The first-order valence-corrected chi connectivity index (χ1v) is 10.7. The predicted molar refractivity (Wildman–Crippen MR) is 107 cm³/mol. The summed E-state index contributed by atoms with van der Waals surface area (Å²) in [6.07, 6.45) is 0.0109. The van der Waals surface area contributed by atoms with E-state index < -0.39 is 15.7 Å². The molecule has 0 atom stereocenters. The number of nitrogens with zero attached hydrogens (tertiary/aromatic N) is 2. The monoisotopic (exact) mass is 455 g/mol. The van der Waals surface area contributed by atoms with E-state index in [1.165, 1.54) is 24.3 Å². The molecule has 1 amide bonds. The number of hydrogen-bond acceptors (Lipinski definition) is 7. The Morgan fingerprint density at radius 1 is 1.10 bits per heavy atom. The zero-order chi connectivity index (χ0) is 20.9. The Morgan fingerprint density at radius 2 is 1.86 bits per heavy atom. The van der Waals surface area contributed by atoms with E-state index in [0.717, 1.165) is 0 Å². The first kappa shape index (κ1) is 21.1. The normalized spacial score (nSPS) is 11.2. The first-order chi connectivity index (χ1) is 13.8. The Bertz CT molecular complexity index is 1100. The van der Waals surface area contributed by atoms with E-state index in [0.29, 0.717) is 10.8 Å². The number of aromatic nitrogens is 2. The Hall–Kier alpha value is -2.62. The number of sulfone groups is 1. The summed E-state index contributed by atoms with van der Waals surface area (Å²) in [5.74, 6) is -0.377. The van der Waals surface area contributed by atoms with Gasteiger partial charge in [0, 0.05) is 11.4 Å². The van der Waals surface area contributed by atoms with E-state index in [2.05, 4.69) is 15.5 Å². The minimum atomic E-state index is -3.48. The molecule has 0 saturated heterocycles. The molecule has 152 valence electrons. The van der Waals surface area contributed by atoms with Crippen molar-refractivity contribution in [2.75, 3.05) is 17.7 Å². The van der Waals surface area contributed by atoms with Gasteiger partial charge in [0.2, 0.25) is 5.89 Å².